The van der Waals surface area contributed by atoms with E-state index in [4.69, 9.17) is 4.74 Å². The molecule has 0 amide bonds. The van der Waals surface area contributed by atoms with Crippen molar-refractivity contribution in [3.05, 3.63) is 35.6 Å². The average molecular weight is 251 g/mol. The SMILES string of the molecule is COCCNCC(c1cccc(F)c1)C1CCC1. The Morgan fingerprint density at radius 3 is 2.89 bits per heavy atom. The van der Waals surface area contributed by atoms with Crippen molar-refractivity contribution < 1.29 is 9.13 Å². The maximum Gasteiger partial charge on any atom is 0.123 e. The first kappa shape index (κ1) is 13.5. The molecular weight excluding hydrogens is 229 g/mol. The number of nitrogens with one attached hydrogen (secondary N) is 1. The quantitative estimate of drug-likeness (QED) is 0.752. The molecule has 0 heterocycles. The minimum absolute atomic E-state index is 0.131. The highest BCUT2D eigenvalue weighted by Gasteiger charge is 2.28. The van der Waals surface area contributed by atoms with E-state index in [1.807, 2.05) is 12.1 Å². The monoisotopic (exact) mass is 251 g/mol. The van der Waals surface area contributed by atoms with Crippen molar-refractivity contribution >= 4 is 0 Å². The minimum atomic E-state index is -0.131. The number of halogens is 1. The van der Waals surface area contributed by atoms with Gasteiger partial charge in [-0.25, -0.2) is 4.39 Å². The highest BCUT2D eigenvalue weighted by molar-refractivity contribution is 5.22. The standard InChI is InChI=1S/C15H22FNO/c1-18-9-8-17-11-15(12-4-2-5-12)13-6-3-7-14(16)10-13/h3,6-7,10,12,15,17H,2,4-5,8-9,11H2,1H3. The molecule has 1 aromatic rings. The van der Waals surface area contributed by atoms with Gasteiger partial charge in [0, 0.05) is 20.2 Å². The molecule has 1 aromatic carbocycles. The number of ether oxygens (including phenoxy) is 1. The lowest BCUT2D eigenvalue weighted by atomic mass is 9.73. The van der Waals surface area contributed by atoms with Crippen LogP contribution in [0.25, 0.3) is 0 Å². The Bertz CT molecular complexity index is 365. The zero-order chi connectivity index (χ0) is 12.8. The molecule has 1 N–H and O–H groups in total. The van der Waals surface area contributed by atoms with Crippen LogP contribution in [0.4, 0.5) is 4.39 Å². The van der Waals surface area contributed by atoms with Crippen LogP contribution in [-0.2, 0) is 4.74 Å². The molecule has 1 unspecified atom stereocenters. The average Bonchev–Trinajstić information content (AvgIpc) is 2.30. The second-order valence-corrected chi connectivity index (χ2v) is 5.05. The number of hydrogen-bond acceptors (Lipinski definition) is 2. The molecule has 3 heteroatoms. The second kappa shape index (κ2) is 6.86. The smallest absolute Gasteiger partial charge is 0.123 e. The molecule has 0 aromatic heterocycles. The van der Waals surface area contributed by atoms with Gasteiger partial charge in [-0.3, -0.25) is 0 Å². The molecule has 1 atom stereocenters. The zero-order valence-electron chi connectivity index (χ0n) is 11.0. The van der Waals surface area contributed by atoms with Gasteiger partial charge in [0.05, 0.1) is 6.61 Å². The highest BCUT2D eigenvalue weighted by Crippen LogP contribution is 2.39. The van der Waals surface area contributed by atoms with Crippen LogP contribution in [0, 0.1) is 11.7 Å². The third-order valence-electron chi connectivity index (χ3n) is 3.84. The van der Waals surface area contributed by atoms with E-state index < -0.39 is 0 Å². The summed E-state index contributed by atoms with van der Waals surface area (Å²) < 4.78 is 18.3. The van der Waals surface area contributed by atoms with E-state index in [9.17, 15) is 4.39 Å². The van der Waals surface area contributed by atoms with E-state index in [2.05, 4.69) is 5.32 Å². The lowest BCUT2D eigenvalue weighted by molar-refractivity contribution is 0.194. The van der Waals surface area contributed by atoms with Gasteiger partial charge in [-0.1, -0.05) is 18.6 Å². The Balaban J connectivity index is 1.96. The third kappa shape index (κ3) is 3.53. The lowest BCUT2D eigenvalue weighted by Gasteiger charge is -2.34. The maximum atomic E-state index is 13.3. The Morgan fingerprint density at radius 1 is 1.44 bits per heavy atom. The van der Waals surface area contributed by atoms with E-state index in [-0.39, 0.29) is 5.82 Å². The molecule has 1 saturated carbocycles. The first-order valence-electron chi connectivity index (χ1n) is 6.76. The van der Waals surface area contributed by atoms with Crippen molar-refractivity contribution in [1.29, 1.82) is 0 Å². The van der Waals surface area contributed by atoms with Gasteiger partial charge in [0.15, 0.2) is 0 Å². The van der Waals surface area contributed by atoms with Gasteiger partial charge in [0.25, 0.3) is 0 Å². The fourth-order valence-corrected chi connectivity index (χ4v) is 2.57. The van der Waals surface area contributed by atoms with Crippen LogP contribution in [0.1, 0.15) is 30.7 Å². The number of hydrogen-bond donors (Lipinski definition) is 1. The Morgan fingerprint density at radius 2 is 2.28 bits per heavy atom. The molecule has 1 fully saturated rings. The van der Waals surface area contributed by atoms with Crippen molar-refractivity contribution in [2.45, 2.75) is 25.2 Å². The summed E-state index contributed by atoms with van der Waals surface area (Å²) in [5, 5.41) is 3.41. The lowest BCUT2D eigenvalue weighted by Crippen LogP contribution is -2.31. The topological polar surface area (TPSA) is 21.3 Å². The first-order chi connectivity index (χ1) is 8.81. The van der Waals surface area contributed by atoms with Gasteiger partial charge in [-0.05, 0) is 42.4 Å². The van der Waals surface area contributed by atoms with Crippen molar-refractivity contribution in [2.24, 2.45) is 5.92 Å². The number of methoxy groups -OCH3 is 1. The molecule has 1 aliphatic carbocycles. The molecular formula is C15H22FNO. The molecule has 1 aliphatic rings. The van der Waals surface area contributed by atoms with E-state index in [0.717, 1.165) is 25.3 Å². The molecule has 0 radical (unpaired) electrons. The summed E-state index contributed by atoms with van der Waals surface area (Å²) in [5.74, 6) is 1.02. The van der Waals surface area contributed by atoms with E-state index in [1.54, 1.807) is 13.2 Å². The first-order valence-corrected chi connectivity index (χ1v) is 6.76. The second-order valence-electron chi connectivity index (χ2n) is 5.05. The maximum absolute atomic E-state index is 13.3. The minimum Gasteiger partial charge on any atom is -0.383 e. The van der Waals surface area contributed by atoms with Gasteiger partial charge in [-0.15, -0.1) is 0 Å². The summed E-state index contributed by atoms with van der Waals surface area (Å²) in [5.41, 5.74) is 1.13. The van der Waals surface area contributed by atoms with Crippen LogP contribution in [0.15, 0.2) is 24.3 Å². The summed E-state index contributed by atoms with van der Waals surface area (Å²) in [6.45, 7) is 2.49. The highest BCUT2D eigenvalue weighted by atomic mass is 19.1. The van der Waals surface area contributed by atoms with Crippen LogP contribution >= 0.6 is 0 Å². The van der Waals surface area contributed by atoms with Crippen molar-refractivity contribution in [1.82, 2.24) is 5.32 Å². The van der Waals surface area contributed by atoms with Crippen LogP contribution in [-0.4, -0.2) is 26.8 Å². The normalized spacial score (nSPS) is 17.4. The van der Waals surface area contributed by atoms with E-state index in [0.29, 0.717) is 11.8 Å². The number of rotatable bonds is 7. The van der Waals surface area contributed by atoms with Gasteiger partial charge < -0.3 is 10.1 Å². The molecule has 0 bridgehead atoms. The Kier molecular flexibility index (Phi) is 5.14. The number of benzene rings is 1. The predicted molar refractivity (Wildman–Crippen MR) is 71.2 cm³/mol. The fraction of sp³-hybridized carbons (Fsp3) is 0.600. The summed E-state index contributed by atoms with van der Waals surface area (Å²) in [6.07, 6.45) is 3.86. The molecule has 0 spiro atoms. The van der Waals surface area contributed by atoms with Gasteiger partial charge in [0.2, 0.25) is 0 Å². The van der Waals surface area contributed by atoms with Crippen molar-refractivity contribution in [3.63, 3.8) is 0 Å². The predicted octanol–water partition coefficient (Wildman–Crippen LogP) is 2.95. The largest absolute Gasteiger partial charge is 0.383 e. The molecule has 0 aliphatic heterocycles. The molecule has 18 heavy (non-hydrogen) atoms. The van der Waals surface area contributed by atoms with Crippen LogP contribution < -0.4 is 5.32 Å². The summed E-state index contributed by atoms with van der Waals surface area (Å²) >= 11 is 0. The van der Waals surface area contributed by atoms with E-state index >= 15 is 0 Å². The van der Waals surface area contributed by atoms with Gasteiger partial charge >= 0.3 is 0 Å². The Hall–Kier alpha value is -0.930. The summed E-state index contributed by atoms with van der Waals surface area (Å²) in [7, 11) is 1.71. The van der Waals surface area contributed by atoms with Crippen molar-refractivity contribution in [3.8, 4) is 0 Å². The van der Waals surface area contributed by atoms with E-state index in [1.165, 1.54) is 25.3 Å². The third-order valence-corrected chi connectivity index (χ3v) is 3.84. The van der Waals surface area contributed by atoms with Gasteiger partial charge in [-0.2, -0.15) is 0 Å². The zero-order valence-corrected chi connectivity index (χ0v) is 11.0. The fourth-order valence-electron chi connectivity index (χ4n) is 2.57. The molecule has 2 rings (SSSR count). The van der Waals surface area contributed by atoms with Crippen LogP contribution in [0.5, 0.6) is 0 Å². The summed E-state index contributed by atoms with van der Waals surface area (Å²) in [4.78, 5) is 0. The molecule has 0 saturated heterocycles. The van der Waals surface area contributed by atoms with Crippen LogP contribution in [0.3, 0.4) is 0 Å². The summed E-state index contributed by atoms with van der Waals surface area (Å²) in [6, 6.07) is 7.05. The van der Waals surface area contributed by atoms with Crippen LogP contribution in [0.2, 0.25) is 0 Å². The molecule has 2 nitrogen and oxygen atoms in total. The van der Waals surface area contributed by atoms with Gasteiger partial charge in [0.1, 0.15) is 5.82 Å². The molecule has 100 valence electrons. The van der Waals surface area contributed by atoms with Crippen molar-refractivity contribution in [2.75, 3.05) is 26.8 Å². The Labute approximate surface area is 109 Å².